The third-order valence-corrected chi connectivity index (χ3v) is 4.42. The molecule has 0 bridgehead atoms. The highest BCUT2D eigenvalue weighted by molar-refractivity contribution is 6.10. The predicted molar refractivity (Wildman–Crippen MR) is 104 cm³/mol. The molecular formula is C20H18N4O4. The van der Waals surface area contributed by atoms with Gasteiger partial charge in [-0.15, -0.1) is 0 Å². The Morgan fingerprint density at radius 1 is 1.21 bits per heavy atom. The maximum absolute atomic E-state index is 12.6. The van der Waals surface area contributed by atoms with Crippen LogP contribution in [-0.4, -0.2) is 29.3 Å². The number of fused-ring (bicyclic) bond motifs is 2. The normalized spacial score (nSPS) is 13.2. The van der Waals surface area contributed by atoms with E-state index in [4.69, 9.17) is 4.42 Å². The molecule has 0 spiro atoms. The lowest BCUT2D eigenvalue weighted by Crippen LogP contribution is -2.42. The lowest BCUT2D eigenvalue weighted by atomic mass is 10.1. The molecule has 28 heavy (non-hydrogen) atoms. The first-order valence-corrected chi connectivity index (χ1v) is 8.86. The lowest BCUT2D eigenvalue weighted by Gasteiger charge is -2.29. The minimum Gasteiger partial charge on any atom is -0.441 e. The topological polar surface area (TPSA) is 105 Å². The van der Waals surface area contributed by atoms with Gasteiger partial charge in [-0.05, 0) is 30.3 Å². The molecule has 4 rings (SSSR count). The summed E-state index contributed by atoms with van der Waals surface area (Å²) in [6.07, 6.45) is 0.00770. The number of benzene rings is 2. The average molecular weight is 378 g/mol. The van der Waals surface area contributed by atoms with E-state index >= 15 is 0 Å². The molecule has 1 aliphatic heterocycles. The minimum absolute atomic E-state index is 0.00123. The van der Waals surface area contributed by atoms with Gasteiger partial charge in [-0.1, -0.05) is 12.1 Å². The molecule has 2 heterocycles. The quantitative estimate of drug-likeness (QED) is 0.726. The summed E-state index contributed by atoms with van der Waals surface area (Å²) >= 11 is 0. The van der Waals surface area contributed by atoms with Gasteiger partial charge in [0.2, 0.25) is 17.7 Å². The van der Waals surface area contributed by atoms with Crippen molar-refractivity contribution in [3.63, 3.8) is 0 Å². The second-order valence-electron chi connectivity index (χ2n) is 6.51. The highest BCUT2D eigenvalue weighted by atomic mass is 16.3. The maximum Gasteiger partial charge on any atom is 0.244 e. The fourth-order valence-electron chi connectivity index (χ4n) is 3.16. The molecule has 1 aromatic heterocycles. The number of aromatic nitrogens is 1. The summed E-state index contributed by atoms with van der Waals surface area (Å²) in [4.78, 5) is 42.3. The fraction of sp³-hybridized carbons (Fsp3) is 0.200. The molecule has 8 nitrogen and oxygen atoms in total. The van der Waals surface area contributed by atoms with Crippen LogP contribution in [0, 0.1) is 6.92 Å². The second kappa shape index (κ2) is 7.15. The number of hydrogen-bond acceptors (Lipinski definition) is 5. The van der Waals surface area contributed by atoms with Crippen LogP contribution < -0.4 is 15.5 Å². The van der Waals surface area contributed by atoms with E-state index in [9.17, 15) is 14.4 Å². The van der Waals surface area contributed by atoms with Crippen LogP contribution in [0.1, 0.15) is 18.7 Å². The van der Waals surface area contributed by atoms with E-state index in [1.165, 1.54) is 4.90 Å². The molecule has 8 heteroatoms. The number of carbonyl (C=O) groups excluding carboxylic acids is 3. The Kier molecular flexibility index (Phi) is 4.52. The Balaban J connectivity index is 1.39. The van der Waals surface area contributed by atoms with Crippen molar-refractivity contribution < 1.29 is 18.8 Å². The Morgan fingerprint density at radius 2 is 2.04 bits per heavy atom. The monoisotopic (exact) mass is 378 g/mol. The zero-order chi connectivity index (χ0) is 19.7. The van der Waals surface area contributed by atoms with Gasteiger partial charge < -0.3 is 20.0 Å². The Labute approximate surface area is 160 Å². The molecular weight excluding hydrogens is 360 g/mol. The largest absolute Gasteiger partial charge is 0.441 e. The van der Waals surface area contributed by atoms with Gasteiger partial charge in [0, 0.05) is 25.5 Å². The number of para-hydroxylation sites is 2. The van der Waals surface area contributed by atoms with Crippen LogP contribution in [0.3, 0.4) is 0 Å². The van der Waals surface area contributed by atoms with Gasteiger partial charge in [0.1, 0.15) is 12.1 Å². The molecule has 0 atom stereocenters. The maximum atomic E-state index is 12.6. The summed E-state index contributed by atoms with van der Waals surface area (Å²) in [5, 5.41) is 5.49. The van der Waals surface area contributed by atoms with Crippen LogP contribution in [0.5, 0.6) is 0 Å². The molecule has 0 fully saturated rings. The number of amides is 3. The van der Waals surface area contributed by atoms with Gasteiger partial charge in [-0.25, -0.2) is 4.98 Å². The summed E-state index contributed by atoms with van der Waals surface area (Å²) in [6, 6.07) is 12.3. The number of hydrogen-bond donors (Lipinski definition) is 2. The first-order chi connectivity index (χ1) is 13.5. The van der Waals surface area contributed by atoms with Crippen LogP contribution in [0.25, 0.3) is 11.1 Å². The Bertz CT molecular complexity index is 1090. The first-order valence-electron chi connectivity index (χ1n) is 8.86. The predicted octanol–water partition coefficient (Wildman–Crippen LogP) is 2.84. The Hall–Kier alpha value is -3.68. The summed E-state index contributed by atoms with van der Waals surface area (Å²) in [6.45, 7) is 1.70. The fourth-order valence-corrected chi connectivity index (χ4v) is 3.16. The van der Waals surface area contributed by atoms with Crippen LogP contribution in [0.2, 0.25) is 0 Å². The molecule has 3 aromatic rings. The number of nitrogens with zero attached hydrogens (tertiary/aromatic N) is 2. The number of oxazole rings is 1. The van der Waals surface area contributed by atoms with Crippen LogP contribution in [-0.2, 0) is 14.4 Å². The van der Waals surface area contributed by atoms with Gasteiger partial charge in [-0.2, -0.15) is 0 Å². The van der Waals surface area contributed by atoms with E-state index in [1.54, 1.807) is 49.4 Å². The van der Waals surface area contributed by atoms with Crippen LogP contribution in [0.4, 0.5) is 17.1 Å². The third-order valence-electron chi connectivity index (χ3n) is 4.42. The van der Waals surface area contributed by atoms with E-state index in [2.05, 4.69) is 15.6 Å². The van der Waals surface area contributed by atoms with Gasteiger partial charge in [0.15, 0.2) is 11.5 Å². The van der Waals surface area contributed by atoms with Gasteiger partial charge >= 0.3 is 0 Å². The summed E-state index contributed by atoms with van der Waals surface area (Å²) in [7, 11) is 0. The smallest absolute Gasteiger partial charge is 0.244 e. The number of anilines is 3. The zero-order valence-electron chi connectivity index (χ0n) is 15.2. The van der Waals surface area contributed by atoms with Crippen molar-refractivity contribution in [3.05, 3.63) is 48.4 Å². The number of carbonyl (C=O) groups is 3. The van der Waals surface area contributed by atoms with Crippen molar-refractivity contribution in [3.8, 4) is 0 Å². The van der Waals surface area contributed by atoms with E-state index in [-0.39, 0.29) is 37.1 Å². The summed E-state index contributed by atoms with van der Waals surface area (Å²) < 4.78 is 5.40. The molecule has 0 saturated carbocycles. The minimum atomic E-state index is -0.289. The van der Waals surface area contributed by atoms with Crippen molar-refractivity contribution in [2.75, 3.05) is 22.1 Å². The molecule has 0 aliphatic carbocycles. The molecule has 3 amide bonds. The van der Waals surface area contributed by atoms with E-state index < -0.39 is 0 Å². The zero-order valence-corrected chi connectivity index (χ0v) is 15.2. The van der Waals surface area contributed by atoms with Crippen molar-refractivity contribution in [1.29, 1.82) is 0 Å². The molecule has 0 saturated heterocycles. The van der Waals surface area contributed by atoms with Gasteiger partial charge in [0.25, 0.3) is 0 Å². The van der Waals surface area contributed by atoms with Crippen molar-refractivity contribution in [2.24, 2.45) is 0 Å². The highest BCUT2D eigenvalue weighted by Gasteiger charge is 2.26. The SMILES string of the molecule is Cc1nc2cc(NC(=O)CCC(=O)N3CC(=O)Nc4ccccc43)ccc2o1. The van der Waals surface area contributed by atoms with Crippen molar-refractivity contribution in [2.45, 2.75) is 19.8 Å². The highest BCUT2D eigenvalue weighted by Crippen LogP contribution is 2.29. The molecule has 1 aliphatic rings. The van der Waals surface area contributed by atoms with Gasteiger partial charge in [0.05, 0.1) is 11.4 Å². The summed E-state index contributed by atoms with van der Waals surface area (Å²) in [5.74, 6) is -0.273. The van der Waals surface area contributed by atoms with Crippen LogP contribution in [0.15, 0.2) is 46.9 Å². The Morgan fingerprint density at radius 3 is 2.89 bits per heavy atom. The van der Waals surface area contributed by atoms with Gasteiger partial charge in [-0.3, -0.25) is 14.4 Å². The van der Waals surface area contributed by atoms with E-state index in [0.29, 0.717) is 34.1 Å². The number of aryl methyl sites for hydroxylation is 1. The standard InChI is InChI=1S/C20H18N4O4/c1-12-21-15-10-13(6-7-17(15)28-12)22-18(25)8-9-20(27)24-11-19(26)23-14-4-2-3-5-16(14)24/h2-7,10H,8-9,11H2,1H3,(H,22,25)(H,23,26). The second-order valence-corrected chi connectivity index (χ2v) is 6.51. The molecule has 2 aromatic carbocycles. The summed E-state index contributed by atoms with van der Waals surface area (Å²) in [5.41, 5.74) is 3.11. The lowest BCUT2D eigenvalue weighted by molar-refractivity contribution is -0.124. The molecule has 0 radical (unpaired) electrons. The average Bonchev–Trinajstić information content (AvgIpc) is 3.04. The number of nitrogens with one attached hydrogen (secondary N) is 2. The van der Waals surface area contributed by atoms with Crippen LogP contribution >= 0.6 is 0 Å². The third kappa shape index (κ3) is 3.57. The van der Waals surface area contributed by atoms with E-state index in [0.717, 1.165) is 0 Å². The molecule has 2 N–H and O–H groups in total. The first kappa shape index (κ1) is 17.7. The van der Waals surface area contributed by atoms with Crippen molar-refractivity contribution >= 4 is 45.9 Å². The van der Waals surface area contributed by atoms with E-state index in [1.807, 2.05) is 0 Å². The number of rotatable bonds is 4. The molecule has 142 valence electrons. The van der Waals surface area contributed by atoms with Crippen molar-refractivity contribution in [1.82, 2.24) is 4.98 Å². The molecule has 0 unspecified atom stereocenters.